The molecule has 2 aliphatic rings. The molecule has 0 aromatic rings. The standard InChI is InChI=1S/C10H20N2O/c11-9-4-8(5-9)6-12-7-10-2-1-3-13-10/h8-10,12H,1-7,11H2. The van der Waals surface area contributed by atoms with Crippen molar-refractivity contribution in [3.63, 3.8) is 0 Å². The first-order valence-corrected chi connectivity index (χ1v) is 5.42. The van der Waals surface area contributed by atoms with Crippen LogP contribution < -0.4 is 11.1 Å². The molecule has 2 fully saturated rings. The molecule has 3 heteroatoms. The van der Waals surface area contributed by atoms with Gasteiger partial charge in [-0.25, -0.2) is 0 Å². The molecule has 2 rings (SSSR count). The van der Waals surface area contributed by atoms with Crippen LogP contribution in [0.1, 0.15) is 25.7 Å². The summed E-state index contributed by atoms with van der Waals surface area (Å²) in [5.41, 5.74) is 5.71. The van der Waals surface area contributed by atoms with E-state index < -0.39 is 0 Å². The Labute approximate surface area is 80.0 Å². The number of nitrogens with one attached hydrogen (secondary N) is 1. The summed E-state index contributed by atoms with van der Waals surface area (Å²) in [6.07, 6.45) is 5.36. The van der Waals surface area contributed by atoms with Crippen LogP contribution in [-0.2, 0) is 4.74 Å². The van der Waals surface area contributed by atoms with Gasteiger partial charge in [-0.3, -0.25) is 0 Å². The molecule has 1 heterocycles. The van der Waals surface area contributed by atoms with Crippen molar-refractivity contribution < 1.29 is 4.74 Å². The Morgan fingerprint density at radius 3 is 2.77 bits per heavy atom. The van der Waals surface area contributed by atoms with Crippen LogP contribution in [0.4, 0.5) is 0 Å². The molecule has 13 heavy (non-hydrogen) atoms. The van der Waals surface area contributed by atoms with Gasteiger partial charge in [0.1, 0.15) is 0 Å². The highest BCUT2D eigenvalue weighted by atomic mass is 16.5. The van der Waals surface area contributed by atoms with Crippen molar-refractivity contribution >= 4 is 0 Å². The molecule has 1 aliphatic heterocycles. The summed E-state index contributed by atoms with van der Waals surface area (Å²) in [5, 5.41) is 3.47. The molecule has 0 bridgehead atoms. The Kier molecular flexibility index (Phi) is 3.19. The lowest BCUT2D eigenvalue weighted by atomic mass is 9.81. The summed E-state index contributed by atoms with van der Waals surface area (Å²) in [6, 6.07) is 0.481. The maximum Gasteiger partial charge on any atom is 0.0700 e. The van der Waals surface area contributed by atoms with E-state index in [9.17, 15) is 0 Å². The molecule has 1 unspecified atom stereocenters. The Morgan fingerprint density at radius 2 is 2.15 bits per heavy atom. The smallest absolute Gasteiger partial charge is 0.0700 e. The predicted molar refractivity (Wildman–Crippen MR) is 52.5 cm³/mol. The van der Waals surface area contributed by atoms with Crippen LogP contribution in [-0.4, -0.2) is 31.8 Å². The van der Waals surface area contributed by atoms with Crippen molar-refractivity contribution in [1.82, 2.24) is 5.32 Å². The van der Waals surface area contributed by atoms with Gasteiger partial charge in [0.05, 0.1) is 6.10 Å². The zero-order chi connectivity index (χ0) is 9.10. The van der Waals surface area contributed by atoms with Gasteiger partial charge in [-0.15, -0.1) is 0 Å². The van der Waals surface area contributed by atoms with Crippen molar-refractivity contribution in [2.24, 2.45) is 11.7 Å². The first-order valence-electron chi connectivity index (χ1n) is 5.42. The van der Waals surface area contributed by atoms with Gasteiger partial charge in [0.25, 0.3) is 0 Å². The second-order valence-corrected chi connectivity index (χ2v) is 4.39. The molecule has 1 aliphatic carbocycles. The first-order chi connectivity index (χ1) is 6.34. The van der Waals surface area contributed by atoms with Gasteiger partial charge in [0.2, 0.25) is 0 Å². The normalized spacial score (nSPS) is 39.0. The molecular formula is C10H20N2O. The van der Waals surface area contributed by atoms with E-state index in [-0.39, 0.29) is 0 Å². The lowest BCUT2D eigenvalue weighted by Crippen LogP contribution is -2.42. The summed E-state index contributed by atoms with van der Waals surface area (Å²) >= 11 is 0. The molecular weight excluding hydrogens is 164 g/mol. The van der Waals surface area contributed by atoms with E-state index in [0.29, 0.717) is 12.1 Å². The quantitative estimate of drug-likeness (QED) is 0.668. The second kappa shape index (κ2) is 4.40. The van der Waals surface area contributed by atoms with Crippen LogP contribution in [0.2, 0.25) is 0 Å². The third-order valence-corrected chi connectivity index (χ3v) is 3.10. The Bertz CT molecular complexity index is 151. The van der Waals surface area contributed by atoms with Gasteiger partial charge in [0.15, 0.2) is 0 Å². The van der Waals surface area contributed by atoms with Crippen molar-refractivity contribution in [3.8, 4) is 0 Å². The van der Waals surface area contributed by atoms with Gasteiger partial charge < -0.3 is 15.8 Å². The molecule has 3 N–H and O–H groups in total. The monoisotopic (exact) mass is 184 g/mol. The summed E-state index contributed by atoms with van der Waals surface area (Å²) in [5.74, 6) is 0.830. The summed E-state index contributed by atoms with van der Waals surface area (Å²) < 4.78 is 5.52. The van der Waals surface area contributed by atoms with E-state index in [2.05, 4.69) is 5.32 Å². The largest absolute Gasteiger partial charge is 0.377 e. The number of hydrogen-bond donors (Lipinski definition) is 2. The highest BCUT2D eigenvalue weighted by Crippen LogP contribution is 2.24. The van der Waals surface area contributed by atoms with E-state index >= 15 is 0 Å². The van der Waals surface area contributed by atoms with E-state index in [1.807, 2.05) is 0 Å². The van der Waals surface area contributed by atoms with Crippen LogP contribution >= 0.6 is 0 Å². The Hall–Kier alpha value is -0.120. The fourth-order valence-corrected chi connectivity index (χ4v) is 2.21. The summed E-state index contributed by atoms with van der Waals surface area (Å²) in [6.45, 7) is 3.12. The molecule has 1 saturated heterocycles. The average molecular weight is 184 g/mol. The Balaban J connectivity index is 1.49. The lowest BCUT2D eigenvalue weighted by molar-refractivity contribution is 0.107. The highest BCUT2D eigenvalue weighted by molar-refractivity contribution is 4.83. The molecule has 0 spiro atoms. The van der Waals surface area contributed by atoms with Gasteiger partial charge in [-0.05, 0) is 38.1 Å². The maximum atomic E-state index is 5.71. The minimum atomic E-state index is 0.480. The first kappa shape index (κ1) is 9.44. The number of nitrogens with two attached hydrogens (primary N) is 1. The third kappa shape index (κ3) is 2.66. The molecule has 76 valence electrons. The Morgan fingerprint density at radius 1 is 1.31 bits per heavy atom. The van der Waals surface area contributed by atoms with Crippen molar-refractivity contribution in [2.45, 2.75) is 37.8 Å². The van der Waals surface area contributed by atoms with E-state index in [1.165, 1.54) is 25.7 Å². The zero-order valence-electron chi connectivity index (χ0n) is 8.17. The maximum absolute atomic E-state index is 5.71. The molecule has 3 nitrogen and oxygen atoms in total. The fourth-order valence-electron chi connectivity index (χ4n) is 2.21. The number of hydrogen-bond acceptors (Lipinski definition) is 3. The third-order valence-electron chi connectivity index (χ3n) is 3.10. The molecule has 0 amide bonds. The minimum absolute atomic E-state index is 0.480. The fraction of sp³-hybridized carbons (Fsp3) is 1.00. The molecule has 0 aromatic carbocycles. The topological polar surface area (TPSA) is 47.3 Å². The SMILES string of the molecule is NC1CC(CNCC2CCCO2)C1. The van der Waals surface area contributed by atoms with Gasteiger partial charge in [0, 0.05) is 19.2 Å². The van der Waals surface area contributed by atoms with Crippen LogP contribution in [0.5, 0.6) is 0 Å². The van der Waals surface area contributed by atoms with Crippen molar-refractivity contribution in [1.29, 1.82) is 0 Å². The average Bonchev–Trinajstić information content (AvgIpc) is 2.53. The lowest BCUT2D eigenvalue weighted by Gasteiger charge is -2.32. The molecule has 1 atom stereocenters. The molecule has 1 saturated carbocycles. The second-order valence-electron chi connectivity index (χ2n) is 4.39. The number of ether oxygens (including phenoxy) is 1. The highest BCUT2D eigenvalue weighted by Gasteiger charge is 2.25. The predicted octanol–water partition coefficient (Wildman–Crippen LogP) is 0.492. The van der Waals surface area contributed by atoms with E-state index in [1.54, 1.807) is 0 Å². The van der Waals surface area contributed by atoms with Crippen LogP contribution in [0.3, 0.4) is 0 Å². The van der Waals surface area contributed by atoms with E-state index in [4.69, 9.17) is 10.5 Å². The van der Waals surface area contributed by atoms with E-state index in [0.717, 1.165) is 25.6 Å². The van der Waals surface area contributed by atoms with Crippen molar-refractivity contribution in [2.75, 3.05) is 19.7 Å². The minimum Gasteiger partial charge on any atom is -0.377 e. The summed E-state index contributed by atoms with van der Waals surface area (Å²) in [4.78, 5) is 0. The van der Waals surface area contributed by atoms with Crippen LogP contribution in [0.15, 0.2) is 0 Å². The van der Waals surface area contributed by atoms with Crippen LogP contribution in [0, 0.1) is 5.92 Å². The number of rotatable bonds is 4. The summed E-state index contributed by atoms with van der Waals surface area (Å²) in [7, 11) is 0. The van der Waals surface area contributed by atoms with Gasteiger partial charge >= 0.3 is 0 Å². The van der Waals surface area contributed by atoms with Crippen LogP contribution in [0.25, 0.3) is 0 Å². The molecule has 0 radical (unpaired) electrons. The molecule has 0 aromatic heterocycles. The zero-order valence-corrected chi connectivity index (χ0v) is 8.17. The van der Waals surface area contributed by atoms with Crippen molar-refractivity contribution in [3.05, 3.63) is 0 Å². The van der Waals surface area contributed by atoms with Gasteiger partial charge in [-0.2, -0.15) is 0 Å². The van der Waals surface area contributed by atoms with Gasteiger partial charge in [-0.1, -0.05) is 0 Å².